The molecule has 4 aromatic rings. The second-order valence-electron chi connectivity index (χ2n) is 9.00. The van der Waals surface area contributed by atoms with E-state index in [1.165, 1.54) is 0 Å². The summed E-state index contributed by atoms with van der Waals surface area (Å²) in [6.45, 7) is 1.65. The SMILES string of the molecule is CN(C)CC=CC(=O)N1CCc2c(nc3c(C(N)=O)c(-c4ccc(Oc5ccccc5)cc4)[nH]n23)C1. The van der Waals surface area contributed by atoms with Gasteiger partial charge in [0.15, 0.2) is 5.65 Å². The normalized spacial score (nSPS) is 13.5. The molecule has 184 valence electrons. The third-order valence-electron chi connectivity index (χ3n) is 6.12. The second kappa shape index (κ2) is 9.71. The lowest BCUT2D eigenvalue weighted by Gasteiger charge is -2.25. The zero-order valence-corrected chi connectivity index (χ0v) is 20.3. The van der Waals surface area contributed by atoms with E-state index in [4.69, 9.17) is 15.5 Å². The molecule has 9 nitrogen and oxygen atoms in total. The molecular weight excluding hydrogens is 456 g/mol. The third-order valence-corrected chi connectivity index (χ3v) is 6.12. The first-order valence-electron chi connectivity index (χ1n) is 11.8. The highest BCUT2D eigenvalue weighted by atomic mass is 16.5. The van der Waals surface area contributed by atoms with Crippen molar-refractivity contribution in [2.24, 2.45) is 5.73 Å². The Bertz CT molecular complexity index is 1430. The molecule has 0 unspecified atom stereocenters. The number of fused-ring (bicyclic) bond motifs is 3. The average Bonchev–Trinajstić information content (AvgIpc) is 3.40. The molecule has 2 aromatic heterocycles. The Labute approximate surface area is 208 Å². The van der Waals surface area contributed by atoms with Crippen molar-refractivity contribution in [1.29, 1.82) is 0 Å². The van der Waals surface area contributed by atoms with E-state index in [0.717, 1.165) is 22.7 Å². The van der Waals surface area contributed by atoms with Gasteiger partial charge in [0.1, 0.15) is 17.1 Å². The number of aromatic amines is 1. The second-order valence-corrected chi connectivity index (χ2v) is 9.00. The molecule has 0 spiro atoms. The fraction of sp³-hybridized carbons (Fsp3) is 0.222. The van der Waals surface area contributed by atoms with Crippen molar-refractivity contribution in [2.45, 2.75) is 13.0 Å². The molecule has 0 atom stereocenters. The van der Waals surface area contributed by atoms with E-state index in [0.29, 0.717) is 48.7 Å². The maximum atomic E-state index is 12.6. The molecule has 5 rings (SSSR count). The number of likely N-dealkylation sites (N-methyl/N-ethyl adjacent to an activating group) is 1. The van der Waals surface area contributed by atoms with Crippen LogP contribution in [-0.4, -0.2) is 63.4 Å². The van der Waals surface area contributed by atoms with Gasteiger partial charge in [0, 0.05) is 31.1 Å². The maximum absolute atomic E-state index is 12.6. The number of primary amides is 1. The number of H-pyrrole nitrogens is 1. The molecule has 36 heavy (non-hydrogen) atoms. The van der Waals surface area contributed by atoms with Crippen molar-refractivity contribution in [2.75, 3.05) is 27.2 Å². The van der Waals surface area contributed by atoms with Crippen LogP contribution < -0.4 is 10.5 Å². The quantitative estimate of drug-likeness (QED) is 0.392. The molecule has 0 saturated heterocycles. The first kappa shape index (κ1) is 23.4. The van der Waals surface area contributed by atoms with Crippen molar-refractivity contribution in [3.63, 3.8) is 0 Å². The molecule has 1 aliphatic heterocycles. The van der Waals surface area contributed by atoms with Gasteiger partial charge in [-0.25, -0.2) is 9.50 Å². The Hall–Kier alpha value is -4.37. The Balaban J connectivity index is 1.41. The number of hydrogen-bond acceptors (Lipinski definition) is 5. The molecule has 2 amide bonds. The van der Waals surface area contributed by atoms with Gasteiger partial charge in [-0.15, -0.1) is 0 Å². The summed E-state index contributed by atoms with van der Waals surface area (Å²) in [5, 5.41) is 3.32. The minimum Gasteiger partial charge on any atom is -0.457 e. The van der Waals surface area contributed by atoms with Crippen LogP contribution in [0.25, 0.3) is 16.9 Å². The molecule has 2 aromatic carbocycles. The number of nitrogens with zero attached hydrogens (tertiary/aromatic N) is 4. The maximum Gasteiger partial charge on any atom is 0.254 e. The van der Waals surface area contributed by atoms with Crippen LogP contribution in [0, 0.1) is 0 Å². The number of carbonyl (C=O) groups is 2. The molecule has 0 fully saturated rings. The van der Waals surface area contributed by atoms with Crippen LogP contribution in [0.1, 0.15) is 21.7 Å². The summed E-state index contributed by atoms with van der Waals surface area (Å²) >= 11 is 0. The van der Waals surface area contributed by atoms with Gasteiger partial charge in [-0.1, -0.05) is 24.3 Å². The predicted molar refractivity (Wildman–Crippen MR) is 137 cm³/mol. The monoisotopic (exact) mass is 484 g/mol. The molecular formula is C27H28N6O3. The van der Waals surface area contributed by atoms with Gasteiger partial charge in [-0.2, -0.15) is 0 Å². The van der Waals surface area contributed by atoms with E-state index in [1.54, 1.807) is 11.0 Å². The summed E-state index contributed by atoms with van der Waals surface area (Å²) in [6.07, 6.45) is 4.07. The van der Waals surface area contributed by atoms with Crippen molar-refractivity contribution < 1.29 is 14.3 Å². The number of para-hydroxylation sites is 1. The molecule has 0 radical (unpaired) electrons. The van der Waals surface area contributed by atoms with Crippen LogP contribution in [0.15, 0.2) is 66.7 Å². The van der Waals surface area contributed by atoms with Crippen molar-refractivity contribution in [1.82, 2.24) is 24.4 Å². The van der Waals surface area contributed by atoms with E-state index in [1.807, 2.05) is 84.2 Å². The van der Waals surface area contributed by atoms with E-state index in [9.17, 15) is 9.59 Å². The van der Waals surface area contributed by atoms with Crippen LogP contribution >= 0.6 is 0 Å². The molecule has 3 heterocycles. The standard InChI is InChI=1S/C27H28N6O3/c1-31(2)15-6-9-23(34)32-16-14-22-21(17-32)29-27-24(26(28)35)25(30-33(22)27)18-10-12-20(13-11-18)36-19-7-4-3-5-8-19/h3-13,30H,14-17H2,1-2H3,(H2,28,35). The number of benzene rings is 2. The first-order chi connectivity index (χ1) is 17.4. The highest BCUT2D eigenvalue weighted by Gasteiger charge is 2.28. The minimum absolute atomic E-state index is 0.0483. The fourth-order valence-corrected chi connectivity index (χ4v) is 4.36. The van der Waals surface area contributed by atoms with Crippen molar-refractivity contribution in [3.05, 3.63) is 83.7 Å². The van der Waals surface area contributed by atoms with Crippen LogP contribution in [0.3, 0.4) is 0 Å². The topological polar surface area (TPSA) is 109 Å². The Morgan fingerprint density at radius 1 is 1.11 bits per heavy atom. The molecule has 0 aliphatic carbocycles. The molecule has 0 bridgehead atoms. The first-order valence-corrected chi connectivity index (χ1v) is 11.8. The number of ether oxygens (including phenoxy) is 1. The van der Waals surface area contributed by atoms with E-state index >= 15 is 0 Å². The number of nitrogens with one attached hydrogen (secondary N) is 1. The van der Waals surface area contributed by atoms with Crippen LogP contribution in [0.2, 0.25) is 0 Å². The number of carbonyl (C=O) groups excluding carboxylic acids is 2. The van der Waals surface area contributed by atoms with Gasteiger partial charge in [0.25, 0.3) is 5.91 Å². The van der Waals surface area contributed by atoms with Crippen molar-refractivity contribution >= 4 is 17.5 Å². The van der Waals surface area contributed by atoms with Crippen LogP contribution in [0.5, 0.6) is 11.5 Å². The summed E-state index contributed by atoms with van der Waals surface area (Å²) in [5.41, 5.74) is 9.70. The van der Waals surface area contributed by atoms with Gasteiger partial charge >= 0.3 is 0 Å². The largest absolute Gasteiger partial charge is 0.457 e. The molecule has 1 aliphatic rings. The average molecular weight is 485 g/mol. The van der Waals surface area contributed by atoms with Gasteiger partial charge in [-0.05, 0) is 50.5 Å². The number of nitrogens with two attached hydrogens (primary N) is 1. The number of imidazole rings is 1. The van der Waals surface area contributed by atoms with Gasteiger partial charge in [0.05, 0.1) is 23.6 Å². The van der Waals surface area contributed by atoms with Gasteiger partial charge in [0.2, 0.25) is 5.91 Å². The molecule has 3 N–H and O–H groups in total. The summed E-state index contributed by atoms with van der Waals surface area (Å²) in [4.78, 5) is 33.5. The van der Waals surface area contributed by atoms with Gasteiger partial charge in [-0.3, -0.25) is 14.7 Å². The van der Waals surface area contributed by atoms with Gasteiger partial charge < -0.3 is 20.3 Å². The summed E-state index contributed by atoms with van der Waals surface area (Å²) in [7, 11) is 3.90. The third kappa shape index (κ3) is 4.60. The predicted octanol–water partition coefficient (Wildman–Crippen LogP) is 3.22. The lowest BCUT2D eigenvalue weighted by atomic mass is 10.1. The fourth-order valence-electron chi connectivity index (χ4n) is 4.36. The van der Waals surface area contributed by atoms with Crippen molar-refractivity contribution in [3.8, 4) is 22.8 Å². The van der Waals surface area contributed by atoms with E-state index < -0.39 is 5.91 Å². The number of amides is 2. The van der Waals surface area contributed by atoms with E-state index in [2.05, 4.69) is 5.10 Å². The highest BCUT2D eigenvalue weighted by Crippen LogP contribution is 2.31. The zero-order chi connectivity index (χ0) is 25.2. The molecule has 0 saturated carbocycles. The Morgan fingerprint density at radius 2 is 1.83 bits per heavy atom. The lowest BCUT2D eigenvalue weighted by Crippen LogP contribution is -2.35. The number of rotatable bonds is 7. The number of aromatic nitrogens is 3. The summed E-state index contributed by atoms with van der Waals surface area (Å²) in [5.74, 6) is 0.813. The zero-order valence-electron chi connectivity index (χ0n) is 20.3. The smallest absolute Gasteiger partial charge is 0.254 e. The van der Waals surface area contributed by atoms with E-state index in [-0.39, 0.29) is 5.91 Å². The Kier molecular flexibility index (Phi) is 6.30. The Morgan fingerprint density at radius 3 is 2.53 bits per heavy atom. The highest BCUT2D eigenvalue weighted by molar-refractivity contribution is 6.04. The summed E-state index contributed by atoms with van der Waals surface area (Å²) < 4.78 is 7.69. The van der Waals surface area contributed by atoms with Crippen LogP contribution in [-0.2, 0) is 17.8 Å². The lowest BCUT2D eigenvalue weighted by molar-refractivity contribution is -0.127. The molecule has 9 heteroatoms. The summed E-state index contributed by atoms with van der Waals surface area (Å²) in [6, 6.07) is 17.0. The van der Waals surface area contributed by atoms with Crippen LogP contribution in [0.4, 0.5) is 0 Å². The minimum atomic E-state index is -0.567. The number of hydrogen-bond donors (Lipinski definition) is 2.